The zero-order valence-corrected chi connectivity index (χ0v) is 19.4. The first-order valence-corrected chi connectivity index (χ1v) is 12.1. The van der Waals surface area contributed by atoms with Gasteiger partial charge in [0.25, 0.3) is 5.91 Å². The van der Waals surface area contributed by atoms with Crippen LogP contribution in [0.3, 0.4) is 0 Å². The minimum atomic E-state index is -0.472. The van der Waals surface area contributed by atoms with Crippen LogP contribution in [0.1, 0.15) is 66.3 Å². The number of carbonyl (C=O) groups is 3. The van der Waals surface area contributed by atoms with Gasteiger partial charge in [-0.15, -0.1) is 0 Å². The summed E-state index contributed by atoms with van der Waals surface area (Å²) >= 11 is 0. The molecule has 5 rings (SSSR count). The van der Waals surface area contributed by atoms with E-state index in [1.807, 2.05) is 34.9 Å². The smallest absolute Gasteiger partial charge is 0.250 e. The van der Waals surface area contributed by atoms with E-state index in [0.717, 1.165) is 71.9 Å². The van der Waals surface area contributed by atoms with Gasteiger partial charge < -0.3 is 16.4 Å². The molecule has 1 aromatic heterocycles. The summed E-state index contributed by atoms with van der Waals surface area (Å²) in [7, 11) is 0. The Hall–Kier alpha value is -3.61. The third-order valence-electron chi connectivity index (χ3n) is 7.09. The molecule has 2 aromatic carbocycles. The Labute approximate surface area is 198 Å². The van der Waals surface area contributed by atoms with Crippen LogP contribution in [0, 0.1) is 0 Å². The summed E-state index contributed by atoms with van der Waals surface area (Å²) in [5.41, 5.74) is 10.9. The van der Waals surface area contributed by atoms with Crippen LogP contribution >= 0.6 is 0 Å². The summed E-state index contributed by atoms with van der Waals surface area (Å²) in [5.74, 6) is -0.339. The van der Waals surface area contributed by atoms with Crippen molar-refractivity contribution in [3.8, 4) is 11.1 Å². The predicted octanol–water partition coefficient (Wildman–Crippen LogP) is 4.24. The molecule has 0 unspecified atom stereocenters. The van der Waals surface area contributed by atoms with Crippen LogP contribution < -0.4 is 16.4 Å². The van der Waals surface area contributed by atoms with Crippen molar-refractivity contribution in [3.05, 3.63) is 53.7 Å². The van der Waals surface area contributed by atoms with Crippen LogP contribution in [0.15, 0.2) is 42.5 Å². The molecule has 0 bridgehead atoms. The number of carbonyl (C=O) groups excluding carboxylic acids is 3. The number of hydrogen-bond acceptors (Lipinski definition) is 4. The van der Waals surface area contributed by atoms with Gasteiger partial charge in [0.1, 0.15) is 0 Å². The Morgan fingerprint density at radius 2 is 1.74 bits per heavy atom. The van der Waals surface area contributed by atoms with Gasteiger partial charge in [-0.25, -0.2) is 0 Å². The maximum absolute atomic E-state index is 12.8. The Kier molecular flexibility index (Phi) is 5.86. The van der Waals surface area contributed by atoms with Gasteiger partial charge in [0.05, 0.1) is 11.1 Å². The largest absolute Gasteiger partial charge is 0.382 e. The lowest BCUT2D eigenvalue weighted by molar-refractivity contribution is -0.119. The highest BCUT2D eigenvalue weighted by Gasteiger charge is 2.27. The normalized spacial score (nSPS) is 20.1. The fourth-order valence-corrected chi connectivity index (χ4v) is 5.58. The van der Waals surface area contributed by atoms with E-state index in [9.17, 15) is 14.4 Å². The lowest BCUT2D eigenvalue weighted by Crippen LogP contribution is -2.39. The molecule has 1 aliphatic heterocycles. The molecule has 1 fully saturated rings. The molecule has 1 saturated carbocycles. The van der Waals surface area contributed by atoms with Gasteiger partial charge in [-0.3, -0.25) is 19.0 Å². The maximum Gasteiger partial charge on any atom is 0.250 e. The maximum atomic E-state index is 12.8. The monoisotopic (exact) mass is 458 g/mol. The SMILES string of the molecule is CC(=O)N[C@H]1CC[C@H](Nc2cc(-c3c4n(c5ccccc35)C(=O)CCC4)ccc2C(N)=O)CC1. The summed E-state index contributed by atoms with van der Waals surface area (Å²) in [6.07, 6.45) is 5.80. The molecule has 2 heterocycles. The zero-order valence-electron chi connectivity index (χ0n) is 19.4. The fourth-order valence-electron chi connectivity index (χ4n) is 5.58. The van der Waals surface area contributed by atoms with Gasteiger partial charge in [-0.05, 0) is 62.3 Å². The molecule has 0 saturated heterocycles. The molecule has 1 aliphatic carbocycles. The highest BCUT2D eigenvalue weighted by Crippen LogP contribution is 2.39. The van der Waals surface area contributed by atoms with Gasteiger partial charge in [-0.1, -0.05) is 24.3 Å². The van der Waals surface area contributed by atoms with Crippen molar-refractivity contribution in [2.24, 2.45) is 5.73 Å². The standard InChI is InChI=1S/C27H30N4O3/c1-16(32)29-18-10-12-19(13-11-18)30-22-15-17(9-14-20(22)27(28)34)26-21-5-2-3-6-23(21)31-24(26)7-4-8-25(31)33/h2-3,5-6,9,14-15,18-19,30H,4,7-8,10-13H2,1H3,(H2,28,34)(H,29,32)/t18-,19-. The van der Waals surface area contributed by atoms with E-state index < -0.39 is 5.91 Å². The van der Waals surface area contributed by atoms with Crippen LogP contribution in [0.2, 0.25) is 0 Å². The molecule has 2 amide bonds. The molecule has 176 valence electrons. The van der Waals surface area contributed by atoms with E-state index in [1.54, 1.807) is 13.0 Å². The fraction of sp³-hybridized carbons (Fsp3) is 0.370. The summed E-state index contributed by atoms with van der Waals surface area (Å²) in [5, 5.41) is 7.60. The molecular formula is C27H30N4O3. The Balaban J connectivity index is 1.51. The third-order valence-corrected chi connectivity index (χ3v) is 7.09. The number of primary amides is 1. The number of hydrogen-bond donors (Lipinski definition) is 3. The van der Waals surface area contributed by atoms with Gasteiger partial charge in [0.15, 0.2) is 0 Å². The van der Waals surface area contributed by atoms with E-state index in [1.165, 1.54) is 0 Å². The van der Waals surface area contributed by atoms with Crippen LogP contribution in [-0.2, 0) is 11.2 Å². The summed E-state index contributed by atoms with van der Waals surface area (Å²) < 4.78 is 1.87. The van der Waals surface area contributed by atoms with Crippen LogP contribution in [-0.4, -0.2) is 34.4 Å². The predicted molar refractivity (Wildman–Crippen MR) is 133 cm³/mol. The molecule has 7 heteroatoms. The molecule has 0 radical (unpaired) electrons. The average molecular weight is 459 g/mol. The molecule has 7 nitrogen and oxygen atoms in total. The van der Waals surface area contributed by atoms with Gasteiger partial charge >= 0.3 is 0 Å². The van der Waals surface area contributed by atoms with Crippen molar-refractivity contribution in [1.29, 1.82) is 0 Å². The summed E-state index contributed by atoms with van der Waals surface area (Å²) in [4.78, 5) is 36.4. The van der Waals surface area contributed by atoms with Gasteiger partial charge in [0.2, 0.25) is 11.8 Å². The van der Waals surface area contributed by atoms with Crippen LogP contribution in [0.4, 0.5) is 5.69 Å². The van der Waals surface area contributed by atoms with E-state index >= 15 is 0 Å². The number of fused-ring (bicyclic) bond motifs is 3. The molecule has 2 aliphatic rings. The van der Waals surface area contributed by atoms with E-state index in [-0.39, 0.29) is 23.9 Å². The molecule has 0 atom stereocenters. The first kappa shape index (κ1) is 22.2. The molecule has 0 spiro atoms. The van der Waals surface area contributed by atoms with Crippen molar-refractivity contribution in [2.75, 3.05) is 5.32 Å². The number of nitrogens with one attached hydrogen (secondary N) is 2. The third kappa shape index (κ3) is 4.06. The average Bonchev–Trinajstić information content (AvgIpc) is 3.15. The molecule has 3 aromatic rings. The van der Waals surface area contributed by atoms with E-state index in [4.69, 9.17) is 5.73 Å². The minimum absolute atomic E-state index is 0.00160. The number of nitrogens with two attached hydrogens (primary N) is 1. The number of benzene rings is 2. The molecule has 34 heavy (non-hydrogen) atoms. The van der Waals surface area contributed by atoms with Crippen molar-refractivity contribution >= 4 is 34.3 Å². The lowest BCUT2D eigenvalue weighted by Gasteiger charge is -2.30. The lowest BCUT2D eigenvalue weighted by atomic mass is 9.90. The van der Waals surface area contributed by atoms with Crippen molar-refractivity contribution < 1.29 is 14.4 Å². The Morgan fingerprint density at radius 1 is 1.00 bits per heavy atom. The number of amides is 2. The van der Waals surface area contributed by atoms with Crippen molar-refractivity contribution in [3.63, 3.8) is 0 Å². The molecular weight excluding hydrogens is 428 g/mol. The first-order chi connectivity index (χ1) is 16.4. The summed E-state index contributed by atoms with van der Waals surface area (Å²) in [6.45, 7) is 1.55. The van der Waals surface area contributed by atoms with Gasteiger partial charge in [0, 0.05) is 47.8 Å². The van der Waals surface area contributed by atoms with Crippen molar-refractivity contribution in [1.82, 2.24) is 9.88 Å². The topological polar surface area (TPSA) is 106 Å². The Bertz CT molecular complexity index is 1280. The second-order valence-electron chi connectivity index (χ2n) is 9.44. The highest BCUT2D eigenvalue weighted by molar-refractivity contribution is 6.06. The van der Waals surface area contributed by atoms with E-state index in [2.05, 4.69) is 16.7 Å². The highest BCUT2D eigenvalue weighted by atomic mass is 16.2. The number of anilines is 1. The molecule has 4 N–H and O–H groups in total. The van der Waals surface area contributed by atoms with Gasteiger partial charge in [-0.2, -0.15) is 0 Å². The second kappa shape index (κ2) is 8.97. The van der Waals surface area contributed by atoms with Crippen LogP contribution in [0.5, 0.6) is 0 Å². The number of nitrogens with zero attached hydrogens (tertiary/aromatic N) is 1. The minimum Gasteiger partial charge on any atom is -0.382 e. The summed E-state index contributed by atoms with van der Waals surface area (Å²) in [6, 6.07) is 14.1. The number of aromatic nitrogens is 1. The first-order valence-electron chi connectivity index (χ1n) is 12.1. The van der Waals surface area contributed by atoms with E-state index in [0.29, 0.717) is 12.0 Å². The number of rotatable bonds is 5. The quantitative estimate of drug-likeness (QED) is 0.532. The van der Waals surface area contributed by atoms with Crippen LogP contribution in [0.25, 0.3) is 22.0 Å². The Morgan fingerprint density at radius 3 is 2.47 bits per heavy atom. The second-order valence-corrected chi connectivity index (χ2v) is 9.44. The zero-order chi connectivity index (χ0) is 23.8. The number of para-hydroxylation sites is 1. The van der Waals surface area contributed by atoms with Crippen molar-refractivity contribution in [2.45, 2.75) is 64.0 Å².